The van der Waals surface area contributed by atoms with E-state index in [-0.39, 0.29) is 22.5 Å². The van der Waals surface area contributed by atoms with Gasteiger partial charge < -0.3 is 10.6 Å². The van der Waals surface area contributed by atoms with E-state index in [4.69, 9.17) is 16.7 Å². The Balaban J connectivity index is 1.31. The highest BCUT2D eigenvalue weighted by atomic mass is 35.5. The first-order valence-electron chi connectivity index (χ1n) is 9.60. The van der Waals surface area contributed by atoms with Crippen molar-refractivity contribution in [1.29, 1.82) is 0 Å². The molecule has 4 rings (SSSR count). The molecule has 0 radical (unpaired) electrons. The molecule has 2 heterocycles. The van der Waals surface area contributed by atoms with Crippen molar-refractivity contribution in [2.75, 3.05) is 11.1 Å². The number of nitrogens with one attached hydrogen (secondary N) is 2. The Bertz CT molecular complexity index is 1440. The number of sulfonamides is 1. The summed E-state index contributed by atoms with van der Waals surface area (Å²) in [7, 11) is -3.80. The molecule has 1 aliphatic rings. The summed E-state index contributed by atoms with van der Waals surface area (Å²) >= 11 is 9.41. The number of aliphatic imine (C=N–C) groups is 1. The van der Waals surface area contributed by atoms with Gasteiger partial charge in [-0.1, -0.05) is 46.8 Å². The van der Waals surface area contributed by atoms with Crippen LogP contribution in [0.15, 0.2) is 67.7 Å². The number of hydrogen-bond donors (Lipinski definition) is 3. The zero-order chi connectivity index (χ0) is 25.0. The zero-order valence-electron chi connectivity index (χ0n) is 17.5. The van der Waals surface area contributed by atoms with E-state index in [1.165, 1.54) is 59.1 Å². The lowest BCUT2D eigenvalue weighted by molar-refractivity contribution is -0.115. The molecule has 0 bridgehead atoms. The van der Waals surface area contributed by atoms with E-state index in [1.54, 1.807) is 18.2 Å². The maximum absolute atomic E-state index is 12.2. The van der Waals surface area contributed by atoms with Crippen LogP contribution in [0.1, 0.15) is 5.56 Å². The molecule has 0 saturated carbocycles. The summed E-state index contributed by atoms with van der Waals surface area (Å²) in [6, 6.07) is 12.6. The van der Waals surface area contributed by atoms with Crippen LogP contribution in [0.4, 0.5) is 10.8 Å². The standard InChI is InChI=1S/C20H15ClN6O4S4/c21-12-3-1-11(2-4-12)9-15-17(29)24-18(33-15)25-19-26-27-20(34-19)32-10-16(28)23-13-5-7-14(8-6-13)35(22,30)31/h1-9H,10H2,(H,23,28)(H2,22,30,31)(H,24,25,26,29)/b15-9-. The molecule has 35 heavy (non-hydrogen) atoms. The van der Waals surface area contributed by atoms with E-state index in [0.717, 1.165) is 5.56 Å². The number of rotatable bonds is 7. The van der Waals surface area contributed by atoms with Crippen LogP contribution >= 0.6 is 46.5 Å². The molecule has 2 amide bonds. The molecule has 1 saturated heterocycles. The molecule has 1 aromatic heterocycles. The van der Waals surface area contributed by atoms with Crippen LogP contribution in [-0.4, -0.2) is 41.4 Å². The van der Waals surface area contributed by atoms with E-state index in [2.05, 4.69) is 25.8 Å². The Morgan fingerprint density at radius 3 is 2.57 bits per heavy atom. The molecule has 15 heteroatoms. The molecule has 2 aromatic carbocycles. The second kappa shape index (κ2) is 10.9. The number of anilines is 1. The fourth-order valence-corrected chi connectivity index (χ4v) is 5.68. The van der Waals surface area contributed by atoms with E-state index in [0.29, 0.717) is 30.3 Å². The minimum Gasteiger partial charge on any atom is -0.325 e. The number of carbonyl (C=O) groups is 2. The van der Waals surface area contributed by atoms with Gasteiger partial charge in [-0.3, -0.25) is 9.59 Å². The lowest BCUT2D eigenvalue weighted by Gasteiger charge is -2.05. The maximum atomic E-state index is 12.2. The third kappa shape index (κ3) is 7.13. The molecule has 1 aliphatic heterocycles. The summed E-state index contributed by atoms with van der Waals surface area (Å²) < 4.78 is 23.1. The quantitative estimate of drug-likeness (QED) is 0.290. The van der Waals surface area contributed by atoms with Crippen LogP contribution < -0.4 is 15.8 Å². The monoisotopic (exact) mass is 566 g/mol. The number of hydrogen-bond acceptors (Lipinski definition) is 10. The molecule has 3 aromatic rings. The van der Waals surface area contributed by atoms with Gasteiger partial charge in [-0.25, -0.2) is 13.6 Å². The molecule has 10 nitrogen and oxygen atoms in total. The molecule has 0 atom stereocenters. The highest BCUT2D eigenvalue weighted by molar-refractivity contribution is 8.18. The van der Waals surface area contributed by atoms with E-state index >= 15 is 0 Å². The summed E-state index contributed by atoms with van der Waals surface area (Å²) in [5, 5.41) is 19.7. The number of halogens is 1. The zero-order valence-corrected chi connectivity index (χ0v) is 21.5. The summed E-state index contributed by atoms with van der Waals surface area (Å²) in [5.74, 6) is -0.518. The minimum atomic E-state index is -3.80. The van der Waals surface area contributed by atoms with E-state index in [1.807, 2.05) is 12.1 Å². The maximum Gasteiger partial charge on any atom is 0.264 e. The third-order valence-electron chi connectivity index (χ3n) is 4.20. The summed E-state index contributed by atoms with van der Waals surface area (Å²) in [5.41, 5.74) is 1.27. The Morgan fingerprint density at radius 2 is 1.89 bits per heavy atom. The van der Waals surface area contributed by atoms with Gasteiger partial charge >= 0.3 is 0 Å². The molecule has 0 aliphatic carbocycles. The van der Waals surface area contributed by atoms with Crippen molar-refractivity contribution in [1.82, 2.24) is 15.5 Å². The molecule has 4 N–H and O–H groups in total. The molecule has 1 fully saturated rings. The van der Waals surface area contributed by atoms with Gasteiger partial charge in [-0.05, 0) is 59.8 Å². The lowest BCUT2D eigenvalue weighted by atomic mass is 10.2. The number of amidine groups is 1. The second-order valence-corrected chi connectivity index (χ2v) is 12.0. The van der Waals surface area contributed by atoms with Gasteiger partial charge in [0.25, 0.3) is 5.91 Å². The Morgan fingerprint density at radius 1 is 1.17 bits per heavy atom. The van der Waals surface area contributed by atoms with Crippen molar-refractivity contribution in [2.24, 2.45) is 10.1 Å². The average molecular weight is 567 g/mol. The highest BCUT2D eigenvalue weighted by Crippen LogP contribution is 2.31. The Kier molecular flexibility index (Phi) is 7.88. The van der Waals surface area contributed by atoms with E-state index < -0.39 is 10.0 Å². The van der Waals surface area contributed by atoms with Crippen LogP contribution in [0, 0.1) is 0 Å². The second-order valence-electron chi connectivity index (χ2n) is 6.79. The number of nitrogens with two attached hydrogens (primary N) is 1. The molecular formula is C20H15ClN6O4S4. The van der Waals surface area contributed by atoms with Crippen LogP contribution in [0.5, 0.6) is 0 Å². The molecule has 0 unspecified atom stereocenters. The summed E-state index contributed by atoms with van der Waals surface area (Å²) in [6.45, 7) is 0. The molecule has 180 valence electrons. The highest BCUT2D eigenvalue weighted by Gasteiger charge is 2.24. The normalized spacial score (nSPS) is 16.0. The summed E-state index contributed by atoms with van der Waals surface area (Å²) in [6.07, 6.45) is 1.74. The van der Waals surface area contributed by atoms with Gasteiger partial charge in [0.2, 0.25) is 21.1 Å². The Hall–Kier alpha value is -2.75. The number of aromatic nitrogens is 2. The van der Waals surface area contributed by atoms with Gasteiger partial charge in [0.15, 0.2) is 9.51 Å². The van der Waals surface area contributed by atoms with Crippen LogP contribution in [-0.2, 0) is 19.6 Å². The number of benzene rings is 2. The predicted octanol–water partition coefficient (Wildman–Crippen LogP) is 3.46. The lowest BCUT2D eigenvalue weighted by Crippen LogP contribution is -2.19. The van der Waals surface area contributed by atoms with Crippen molar-refractivity contribution in [3.63, 3.8) is 0 Å². The topological polar surface area (TPSA) is 156 Å². The van der Waals surface area contributed by atoms with Crippen molar-refractivity contribution >= 4 is 90.4 Å². The average Bonchev–Trinajstić information content (AvgIpc) is 3.39. The van der Waals surface area contributed by atoms with Crippen LogP contribution in [0.3, 0.4) is 0 Å². The Labute approximate surface area is 217 Å². The number of nitrogens with zero attached hydrogens (tertiary/aromatic N) is 3. The van der Waals surface area contributed by atoms with Gasteiger partial charge in [-0.15, -0.1) is 10.2 Å². The van der Waals surface area contributed by atoms with Gasteiger partial charge in [0.05, 0.1) is 15.6 Å². The first kappa shape index (κ1) is 25.3. The van der Waals surface area contributed by atoms with Crippen molar-refractivity contribution in [3.05, 3.63) is 64.0 Å². The number of carbonyl (C=O) groups excluding carboxylic acids is 2. The van der Waals surface area contributed by atoms with Crippen LogP contribution in [0.25, 0.3) is 6.08 Å². The van der Waals surface area contributed by atoms with Crippen molar-refractivity contribution < 1.29 is 18.0 Å². The van der Waals surface area contributed by atoms with E-state index in [9.17, 15) is 18.0 Å². The fraction of sp³-hybridized carbons (Fsp3) is 0.0500. The molecule has 0 spiro atoms. The SMILES string of the molecule is NS(=O)(=O)c1ccc(NC(=O)CSc2nnc(/N=C3\NC(=O)/C(=C/c4ccc(Cl)cc4)S3)s2)cc1. The number of primary sulfonamides is 1. The van der Waals surface area contributed by atoms with Gasteiger partial charge in [0, 0.05) is 10.7 Å². The van der Waals surface area contributed by atoms with Gasteiger partial charge in [0.1, 0.15) is 0 Å². The largest absolute Gasteiger partial charge is 0.325 e. The number of thioether (sulfide) groups is 2. The number of amides is 2. The minimum absolute atomic E-state index is 0.0444. The van der Waals surface area contributed by atoms with Crippen LogP contribution in [0.2, 0.25) is 5.02 Å². The fourth-order valence-electron chi connectivity index (χ4n) is 2.64. The predicted molar refractivity (Wildman–Crippen MR) is 139 cm³/mol. The van der Waals surface area contributed by atoms with Gasteiger partial charge in [-0.2, -0.15) is 4.99 Å². The first-order chi connectivity index (χ1) is 16.7. The smallest absolute Gasteiger partial charge is 0.264 e. The third-order valence-corrected chi connectivity index (χ3v) is 8.25. The molecular weight excluding hydrogens is 552 g/mol. The first-order valence-corrected chi connectivity index (χ1v) is 14.1. The van der Waals surface area contributed by atoms with Crippen molar-refractivity contribution in [3.8, 4) is 0 Å². The van der Waals surface area contributed by atoms with Crippen molar-refractivity contribution in [2.45, 2.75) is 9.24 Å². The summed E-state index contributed by atoms with van der Waals surface area (Å²) in [4.78, 5) is 29.2.